The molecule has 2 heterocycles. The predicted octanol–water partition coefficient (Wildman–Crippen LogP) is 3.26. The maximum Gasteiger partial charge on any atom is 0.184 e. The van der Waals surface area contributed by atoms with Crippen molar-refractivity contribution in [3.05, 3.63) is 26.4 Å². The topological polar surface area (TPSA) is 38.1 Å². The summed E-state index contributed by atoms with van der Waals surface area (Å²) in [5, 5.41) is 10.0. The summed E-state index contributed by atoms with van der Waals surface area (Å²) in [6.07, 6.45) is 3.61. The fraction of sp³-hybridized carbons (Fsp3) is 0.364. The Labute approximate surface area is 116 Å². The molecule has 1 aliphatic rings. The molecule has 0 unspecified atom stereocenters. The van der Waals surface area contributed by atoms with Crippen LogP contribution in [0.3, 0.4) is 0 Å². The van der Waals surface area contributed by atoms with Crippen molar-refractivity contribution in [3.63, 3.8) is 0 Å². The minimum atomic E-state index is -0.492. The van der Waals surface area contributed by atoms with Gasteiger partial charge >= 0.3 is 0 Å². The molecule has 0 atom stereocenters. The first kappa shape index (κ1) is 11.7. The van der Waals surface area contributed by atoms with Gasteiger partial charge in [0.25, 0.3) is 0 Å². The molecule has 6 heteroatoms. The van der Waals surface area contributed by atoms with Gasteiger partial charge in [-0.2, -0.15) is 0 Å². The van der Waals surface area contributed by atoms with E-state index in [9.17, 15) is 9.50 Å². The van der Waals surface area contributed by atoms with E-state index >= 15 is 0 Å². The van der Waals surface area contributed by atoms with E-state index in [1.807, 2.05) is 4.57 Å². The molecule has 17 heavy (non-hydrogen) atoms. The third kappa shape index (κ3) is 1.67. The van der Waals surface area contributed by atoms with E-state index in [1.165, 1.54) is 0 Å². The highest BCUT2D eigenvalue weighted by Gasteiger charge is 2.31. The average molecular weight is 367 g/mol. The highest BCUT2D eigenvalue weighted by atomic mass is 127. The zero-order valence-electron chi connectivity index (χ0n) is 8.75. The third-order valence-corrected chi connectivity index (χ3v) is 4.50. The van der Waals surface area contributed by atoms with Crippen molar-refractivity contribution in [2.24, 2.45) is 0 Å². The van der Waals surface area contributed by atoms with Gasteiger partial charge in [-0.15, -0.1) is 0 Å². The maximum absolute atomic E-state index is 14.1. The Bertz CT molecular complexity index is 609. The van der Waals surface area contributed by atoms with Gasteiger partial charge in [0.1, 0.15) is 0 Å². The average Bonchev–Trinajstić information content (AvgIpc) is 3.10. The van der Waals surface area contributed by atoms with Crippen molar-refractivity contribution in [1.29, 1.82) is 0 Å². The van der Waals surface area contributed by atoms with Gasteiger partial charge in [0.2, 0.25) is 0 Å². The summed E-state index contributed by atoms with van der Waals surface area (Å²) in [6, 6.07) is 0.288. The quantitative estimate of drug-likeness (QED) is 0.654. The van der Waals surface area contributed by atoms with Crippen molar-refractivity contribution in [3.8, 4) is 0 Å². The lowest BCUT2D eigenvalue weighted by atomic mass is 10.3. The maximum atomic E-state index is 14.1. The summed E-state index contributed by atoms with van der Waals surface area (Å²) in [5.74, 6) is -0.492. The number of hydrogen-bond donors (Lipinski definition) is 1. The fourth-order valence-corrected chi connectivity index (χ4v) is 3.09. The molecule has 0 bridgehead atoms. The Morgan fingerprint density at radius 3 is 2.88 bits per heavy atom. The normalized spacial score (nSPS) is 15.8. The summed E-state index contributed by atoms with van der Waals surface area (Å²) in [5.41, 5.74) is 1.23. The van der Waals surface area contributed by atoms with Crippen molar-refractivity contribution >= 4 is 45.1 Å². The molecule has 1 fully saturated rings. The van der Waals surface area contributed by atoms with Gasteiger partial charge in [-0.3, -0.25) is 0 Å². The molecule has 0 spiro atoms. The van der Waals surface area contributed by atoms with Crippen molar-refractivity contribution in [2.75, 3.05) is 0 Å². The van der Waals surface area contributed by atoms with Crippen LogP contribution in [0.1, 0.15) is 24.6 Å². The van der Waals surface area contributed by atoms with Crippen LogP contribution >= 0.6 is 34.2 Å². The molecule has 1 saturated carbocycles. The second-order valence-electron chi connectivity index (χ2n) is 4.15. The Kier molecular flexibility index (Phi) is 2.79. The van der Waals surface area contributed by atoms with Crippen LogP contribution in [0.25, 0.3) is 10.9 Å². The summed E-state index contributed by atoms with van der Waals surface area (Å²) >= 11 is 7.84. The second kappa shape index (κ2) is 4.07. The van der Waals surface area contributed by atoms with E-state index in [4.69, 9.17) is 11.6 Å². The highest BCUT2D eigenvalue weighted by Crippen LogP contribution is 2.42. The number of aromatic nitrogens is 2. The van der Waals surface area contributed by atoms with Gasteiger partial charge in [-0.05, 0) is 35.4 Å². The van der Waals surface area contributed by atoms with Crippen LogP contribution < -0.4 is 0 Å². The molecule has 0 aromatic carbocycles. The van der Waals surface area contributed by atoms with Crippen LogP contribution in [-0.4, -0.2) is 14.7 Å². The molecule has 0 radical (unpaired) electrons. The van der Waals surface area contributed by atoms with Gasteiger partial charge in [-0.1, -0.05) is 11.6 Å². The lowest BCUT2D eigenvalue weighted by molar-refractivity contribution is 0.270. The van der Waals surface area contributed by atoms with Crippen LogP contribution in [0.4, 0.5) is 4.39 Å². The largest absolute Gasteiger partial charge is 0.390 e. The van der Waals surface area contributed by atoms with Crippen molar-refractivity contribution in [1.82, 2.24) is 9.55 Å². The molecule has 0 saturated heterocycles. The van der Waals surface area contributed by atoms with Crippen LogP contribution in [-0.2, 0) is 6.61 Å². The smallest absolute Gasteiger partial charge is 0.184 e. The number of aliphatic hydroxyl groups excluding tert-OH is 1. The SMILES string of the molecule is OCc1c(I)c2cnc(Cl)c(F)c2n1C1CC1. The minimum absolute atomic E-state index is 0.0967. The third-order valence-electron chi connectivity index (χ3n) is 3.03. The van der Waals surface area contributed by atoms with Crippen LogP contribution in [0.5, 0.6) is 0 Å². The lowest BCUT2D eigenvalue weighted by Crippen LogP contribution is -2.02. The summed E-state index contributed by atoms with van der Waals surface area (Å²) in [7, 11) is 0. The van der Waals surface area contributed by atoms with E-state index in [2.05, 4.69) is 27.6 Å². The Hall–Kier alpha value is -0.400. The van der Waals surface area contributed by atoms with E-state index < -0.39 is 5.82 Å². The zero-order valence-corrected chi connectivity index (χ0v) is 11.7. The second-order valence-corrected chi connectivity index (χ2v) is 5.58. The van der Waals surface area contributed by atoms with Crippen molar-refractivity contribution < 1.29 is 9.50 Å². The molecule has 2 aromatic rings. The first-order valence-electron chi connectivity index (χ1n) is 5.28. The highest BCUT2D eigenvalue weighted by molar-refractivity contribution is 14.1. The Morgan fingerprint density at radius 2 is 2.29 bits per heavy atom. The number of rotatable bonds is 2. The lowest BCUT2D eigenvalue weighted by Gasteiger charge is -2.08. The van der Waals surface area contributed by atoms with Crippen molar-refractivity contribution in [2.45, 2.75) is 25.5 Å². The molecular formula is C11H9ClFIN2O. The van der Waals surface area contributed by atoms with Crippen LogP contribution in [0, 0.1) is 9.39 Å². The summed E-state index contributed by atoms with van der Waals surface area (Å²) in [4.78, 5) is 3.83. The minimum Gasteiger partial charge on any atom is -0.390 e. The first-order valence-corrected chi connectivity index (χ1v) is 6.74. The number of hydrogen-bond acceptors (Lipinski definition) is 2. The van der Waals surface area contributed by atoms with Gasteiger partial charge < -0.3 is 9.67 Å². The Balaban J connectivity index is 2.44. The molecule has 1 aliphatic carbocycles. The fourth-order valence-electron chi connectivity index (χ4n) is 2.13. The number of aliphatic hydroxyl groups is 1. The predicted molar refractivity (Wildman–Crippen MR) is 71.6 cm³/mol. The van der Waals surface area contributed by atoms with E-state index in [0.29, 0.717) is 5.52 Å². The molecule has 90 valence electrons. The summed E-state index contributed by atoms with van der Waals surface area (Å²) < 4.78 is 16.8. The molecule has 2 aromatic heterocycles. The number of halogens is 3. The first-order chi connectivity index (χ1) is 8.15. The zero-order chi connectivity index (χ0) is 12.2. The number of nitrogens with zero attached hydrogens (tertiary/aromatic N) is 2. The van der Waals surface area contributed by atoms with E-state index in [-0.39, 0.29) is 17.8 Å². The van der Waals surface area contributed by atoms with E-state index in [0.717, 1.165) is 27.5 Å². The Morgan fingerprint density at radius 1 is 1.59 bits per heavy atom. The van der Waals surface area contributed by atoms with Gasteiger partial charge in [0, 0.05) is 21.2 Å². The molecule has 0 amide bonds. The molecule has 1 N–H and O–H groups in total. The molecule has 3 rings (SSSR count). The van der Waals surface area contributed by atoms with Crippen LogP contribution in [0.2, 0.25) is 5.15 Å². The van der Waals surface area contributed by atoms with Gasteiger partial charge in [-0.25, -0.2) is 9.37 Å². The van der Waals surface area contributed by atoms with Crippen LogP contribution in [0.15, 0.2) is 6.20 Å². The molecule has 3 nitrogen and oxygen atoms in total. The van der Waals surface area contributed by atoms with E-state index in [1.54, 1.807) is 6.20 Å². The number of pyridine rings is 1. The molecular weight excluding hydrogens is 357 g/mol. The monoisotopic (exact) mass is 366 g/mol. The number of fused-ring (bicyclic) bond motifs is 1. The van der Waals surface area contributed by atoms with Gasteiger partial charge in [0.05, 0.1) is 17.8 Å². The van der Waals surface area contributed by atoms with Gasteiger partial charge in [0.15, 0.2) is 11.0 Å². The molecule has 0 aliphatic heterocycles. The standard InChI is InChI=1S/C11H9ClFIN2O/c12-11-8(13)10-6(3-15-11)9(14)7(4-17)16(10)5-1-2-5/h3,5,17H,1-2,4H2. The summed E-state index contributed by atoms with van der Waals surface area (Å²) in [6.45, 7) is -0.0967.